The van der Waals surface area contributed by atoms with Crippen LogP contribution in [0.15, 0.2) is 12.1 Å². The van der Waals surface area contributed by atoms with Crippen LogP contribution in [-0.4, -0.2) is 36.0 Å². The summed E-state index contributed by atoms with van der Waals surface area (Å²) in [6.45, 7) is 6.79. The number of fused-ring (bicyclic) bond motifs is 2. The van der Waals surface area contributed by atoms with Gasteiger partial charge >= 0.3 is 5.97 Å². The minimum atomic E-state index is -1.20. The molecule has 1 aliphatic carbocycles. The number of hydrogen-bond donors (Lipinski definition) is 0. The van der Waals surface area contributed by atoms with Crippen LogP contribution in [-0.2, 0) is 9.53 Å². The zero-order chi connectivity index (χ0) is 19.3. The smallest absolute Gasteiger partial charge is 0.340 e. The number of carbonyl (C=O) groups excluding carboxylic acids is 2. The maximum absolute atomic E-state index is 13.3. The lowest BCUT2D eigenvalue weighted by Gasteiger charge is -2.39. The molecule has 1 aliphatic heterocycles. The molecule has 0 aromatic heterocycles. The Morgan fingerprint density at radius 1 is 1.23 bits per heavy atom. The fourth-order valence-electron chi connectivity index (χ4n) is 4.72. The van der Waals surface area contributed by atoms with E-state index in [4.69, 9.17) is 16.3 Å². The van der Waals surface area contributed by atoms with E-state index in [-0.39, 0.29) is 33.4 Å². The first-order valence-corrected chi connectivity index (χ1v) is 8.99. The third-order valence-electron chi connectivity index (χ3n) is 5.29. The van der Waals surface area contributed by atoms with E-state index in [1.807, 2.05) is 0 Å². The summed E-state index contributed by atoms with van der Waals surface area (Å²) < 4.78 is 31.4. The Morgan fingerprint density at radius 2 is 1.88 bits per heavy atom. The molecule has 0 spiro atoms. The SMILES string of the molecule is CC1(C)C[C@H]2C[C@](C)(CN2C(=O)COC(=O)c2cc(F)c(F)cc2Cl)C1. The molecule has 2 aliphatic rings. The third kappa shape index (κ3) is 3.70. The van der Waals surface area contributed by atoms with Crippen molar-refractivity contribution in [3.63, 3.8) is 0 Å². The minimum Gasteiger partial charge on any atom is -0.452 e. The lowest BCUT2D eigenvalue weighted by molar-refractivity contribution is -0.135. The lowest BCUT2D eigenvalue weighted by atomic mass is 9.65. The van der Waals surface area contributed by atoms with Crippen molar-refractivity contribution in [3.05, 3.63) is 34.4 Å². The molecule has 1 saturated heterocycles. The van der Waals surface area contributed by atoms with Gasteiger partial charge in [-0.25, -0.2) is 13.6 Å². The van der Waals surface area contributed by atoms with Crippen molar-refractivity contribution in [1.29, 1.82) is 0 Å². The second-order valence-corrected chi connectivity index (χ2v) is 8.96. The number of amides is 1. The molecule has 1 saturated carbocycles. The van der Waals surface area contributed by atoms with Gasteiger partial charge in [-0.2, -0.15) is 0 Å². The van der Waals surface area contributed by atoms with Gasteiger partial charge in [0.15, 0.2) is 18.2 Å². The number of nitrogens with zero attached hydrogens (tertiary/aromatic N) is 1. The van der Waals surface area contributed by atoms with Gasteiger partial charge in [0.2, 0.25) is 0 Å². The molecule has 1 amide bonds. The lowest BCUT2D eigenvalue weighted by Crippen LogP contribution is -2.39. The molecule has 1 heterocycles. The second kappa shape index (κ2) is 6.48. The van der Waals surface area contributed by atoms with Crippen molar-refractivity contribution in [1.82, 2.24) is 4.90 Å². The molecule has 2 bridgehead atoms. The van der Waals surface area contributed by atoms with E-state index in [0.717, 1.165) is 19.3 Å². The van der Waals surface area contributed by atoms with Crippen LogP contribution in [0.5, 0.6) is 0 Å². The van der Waals surface area contributed by atoms with Crippen LogP contribution in [0.3, 0.4) is 0 Å². The van der Waals surface area contributed by atoms with Crippen molar-refractivity contribution in [2.45, 2.75) is 46.1 Å². The second-order valence-electron chi connectivity index (χ2n) is 8.56. The Labute approximate surface area is 156 Å². The number of ether oxygens (including phenoxy) is 1. The Balaban J connectivity index is 1.65. The van der Waals surface area contributed by atoms with Crippen LogP contribution >= 0.6 is 11.6 Å². The highest BCUT2D eigenvalue weighted by atomic mass is 35.5. The molecular weight excluding hydrogens is 364 g/mol. The molecular formula is C19H22ClF2NO3. The molecule has 2 fully saturated rings. The number of halogens is 3. The van der Waals surface area contributed by atoms with Gasteiger partial charge < -0.3 is 9.64 Å². The highest BCUT2D eigenvalue weighted by molar-refractivity contribution is 6.33. The predicted molar refractivity (Wildman–Crippen MR) is 92.9 cm³/mol. The minimum absolute atomic E-state index is 0.0788. The Kier molecular flexibility index (Phi) is 4.76. The Hall–Kier alpha value is -1.69. The highest BCUT2D eigenvalue weighted by Crippen LogP contribution is 2.52. The topological polar surface area (TPSA) is 46.6 Å². The van der Waals surface area contributed by atoms with Crippen molar-refractivity contribution in [2.75, 3.05) is 13.2 Å². The van der Waals surface area contributed by atoms with Gasteiger partial charge in [-0.3, -0.25) is 4.79 Å². The van der Waals surface area contributed by atoms with E-state index >= 15 is 0 Å². The summed E-state index contributed by atoms with van der Waals surface area (Å²) in [5.41, 5.74) is -0.0514. The van der Waals surface area contributed by atoms with Gasteiger partial charge in [0.25, 0.3) is 5.91 Å². The van der Waals surface area contributed by atoms with Crippen LogP contribution in [0.25, 0.3) is 0 Å². The molecule has 4 nitrogen and oxygen atoms in total. The van der Waals surface area contributed by atoms with Gasteiger partial charge in [-0.1, -0.05) is 32.4 Å². The van der Waals surface area contributed by atoms with Crippen LogP contribution < -0.4 is 0 Å². The number of benzene rings is 1. The summed E-state index contributed by atoms with van der Waals surface area (Å²) >= 11 is 5.76. The molecule has 0 radical (unpaired) electrons. The van der Waals surface area contributed by atoms with E-state index in [1.54, 1.807) is 4.90 Å². The number of carbonyl (C=O) groups is 2. The molecule has 26 heavy (non-hydrogen) atoms. The first kappa shape index (κ1) is 19.1. The average Bonchev–Trinajstić information content (AvgIpc) is 2.77. The molecule has 7 heteroatoms. The average molecular weight is 386 g/mol. The molecule has 2 atom stereocenters. The van der Waals surface area contributed by atoms with E-state index in [9.17, 15) is 18.4 Å². The van der Waals surface area contributed by atoms with Crippen LogP contribution in [0.2, 0.25) is 5.02 Å². The molecule has 3 rings (SSSR count). The van der Waals surface area contributed by atoms with Crippen LogP contribution in [0, 0.1) is 22.5 Å². The maximum Gasteiger partial charge on any atom is 0.340 e. The van der Waals surface area contributed by atoms with Gasteiger partial charge in [-0.15, -0.1) is 0 Å². The zero-order valence-electron chi connectivity index (χ0n) is 15.1. The van der Waals surface area contributed by atoms with E-state index in [0.29, 0.717) is 18.7 Å². The normalized spacial score (nSPS) is 26.7. The summed E-state index contributed by atoms with van der Waals surface area (Å²) in [7, 11) is 0. The predicted octanol–water partition coefficient (Wildman–Crippen LogP) is 4.20. The molecule has 1 aromatic rings. The van der Waals surface area contributed by atoms with Crippen molar-refractivity contribution in [3.8, 4) is 0 Å². The maximum atomic E-state index is 13.3. The summed E-state index contributed by atoms with van der Waals surface area (Å²) in [4.78, 5) is 26.4. The molecule has 0 unspecified atom stereocenters. The highest BCUT2D eigenvalue weighted by Gasteiger charge is 2.50. The summed E-state index contributed by atoms with van der Waals surface area (Å²) in [5.74, 6) is -3.57. The quantitative estimate of drug-likeness (QED) is 0.578. The molecule has 142 valence electrons. The van der Waals surface area contributed by atoms with E-state index in [2.05, 4.69) is 20.8 Å². The number of rotatable bonds is 3. The Morgan fingerprint density at radius 3 is 2.58 bits per heavy atom. The summed E-state index contributed by atoms with van der Waals surface area (Å²) in [6, 6.07) is 1.53. The van der Waals surface area contributed by atoms with Crippen molar-refractivity contribution in [2.24, 2.45) is 10.8 Å². The first-order valence-electron chi connectivity index (χ1n) is 8.61. The number of likely N-dealkylation sites (tertiary alicyclic amines) is 1. The third-order valence-corrected chi connectivity index (χ3v) is 5.60. The van der Waals surface area contributed by atoms with Gasteiger partial charge in [0.05, 0.1) is 10.6 Å². The molecule has 1 aromatic carbocycles. The van der Waals surface area contributed by atoms with Gasteiger partial charge in [0.1, 0.15) is 0 Å². The standard InChI is InChI=1S/C19H22ClF2NO3/c1-18(2)6-11-7-19(3,9-18)10-23(11)16(24)8-26-17(25)12-4-14(21)15(22)5-13(12)20/h4-5,11H,6-10H2,1-3H3/t11-,19-/m0/s1. The number of esters is 1. The van der Waals surface area contributed by atoms with Crippen LogP contribution in [0.4, 0.5) is 8.78 Å². The van der Waals surface area contributed by atoms with Crippen molar-refractivity contribution >= 4 is 23.5 Å². The van der Waals surface area contributed by atoms with E-state index in [1.165, 1.54) is 0 Å². The number of hydrogen-bond acceptors (Lipinski definition) is 3. The summed E-state index contributed by atoms with van der Waals surface area (Å²) in [5, 5.41) is -0.257. The molecule has 0 N–H and O–H groups in total. The van der Waals surface area contributed by atoms with Gasteiger partial charge in [-0.05, 0) is 42.2 Å². The van der Waals surface area contributed by atoms with Crippen LogP contribution in [0.1, 0.15) is 50.4 Å². The fourth-order valence-corrected chi connectivity index (χ4v) is 4.95. The zero-order valence-corrected chi connectivity index (χ0v) is 15.8. The first-order chi connectivity index (χ1) is 12.0. The van der Waals surface area contributed by atoms with Gasteiger partial charge in [0, 0.05) is 12.6 Å². The Bertz CT molecular complexity index is 767. The largest absolute Gasteiger partial charge is 0.452 e. The summed E-state index contributed by atoms with van der Waals surface area (Å²) in [6.07, 6.45) is 2.91. The van der Waals surface area contributed by atoms with Crippen molar-refractivity contribution < 1.29 is 23.1 Å². The fraction of sp³-hybridized carbons (Fsp3) is 0.579. The monoisotopic (exact) mass is 385 g/mol. The van der Waals surface area contributed by atoms with E-state index < -0.39 is 24.2 Å².